The lowest BCUT2D eigenvalue weighted by molar-refractivity contribution is -0.211. The van der Waals surface area contributed by atoms with Crippen LogP contribution in [0.3, 0.4) is 0 Å². The molecule has 2 rings (SSSR count). The van der Waals surface area contributed by atoms with E-state index in [9.17, 15) is 44.7 Å². The van der Waals surface area contributed by atoms with Crippen LogP contribution in [0.5, 0.6) is 0 Å². The fourth-order valence-electron chi connectivity index (χ4n) is 2.47. The lowest BCUT2D eigenvalue weighted by Gasteiger charge is -2.28. The summed E-state index contributed by atoms with van der Waals surface area (Å²) in [6, 6.07) is 5.36. The number of aliphatic hydroxyl groups excluding tert-OH is 5. The molecule has 0 radical (unpaired) electrons. The van der Waals surface area contributed by atoms with Crippen LogP contribution in [0, 0.1) is 0 Å². The molecule has 0 aromatic carbocycles. The van der Waals surface area contributed by atoms with Gasteiger partial charge in [0.2, 0.25) is 5.91 Å². The lowest BCUT2D eigenvalue weighted by Crippen LogP contribution is -2.56. The third-order valence-electron chi connectivity index (χ3n) is 4.28. The van der Waals surface area contributed by atoms with E-state index in [2.05, 4.69) is 9.82 Å². The van der Waals surface area contributed by atoms with Crippen LogP contribution >= 0.6 is 21.6 Å². The number of hydroxylamine groups is 2. The Kier molecular flexibility index (Phi) is 10.5. The minimum Gasteiger partial charge on any atom is -0.387 e. The van der Waals surface area contributed by atoms with Crippen molar-refractivity contribution in [2.45, 2.75) is 54.9 Å². The van der Waals surface area contributed by atoms with Crippen molar-refractivity contribution in [1.29, 1.82) is 0 Å². The van der Waals surface area contributed by atoms with Gasteiger partial charge in [0, 0.05) is 31.2 Å². The minimum atomic E-state index is -2.47. The second-order valence-electron chi connectivity index (χ2n) is 6.74. The first kappa shape index (κ1) is 27.0. The highest BCUT2D eigenvalue weighted by Crippen LogP contribution is 2.29. The molecule has 1 aromatic heterocycles. The van der Waals surface area contributed by atoms with Crippen molar-refractivity contribution in [3.05, 3.63) is 24.4 Å². The molecule has 33 heavy (non-hydrogen) atoms. The van der Waals surface area contributed by atoms with Gasteiger partial charge in [-0.2, -0.15) is 0 Å². The Morgan fingerprint density at radius 3 is 2.33 bits per heavy atom. The summed E-state index contributed by atoms with van der Waals surface area (Å²) in [5.41, 5.74) is 0. The van der Waals surface area contributed by atoms with Gasteiger partial charge in [0.15, 0.2) is 12.3 Å². The summed E-state index contributed by atoms with van der Waals surface area (Å²) in [6.07, 6.45) is -10.2. The normalized spacial score (nSPS) is 18.4. The number of amides is 3. The smallest absolute Gasteiger partial charge is 0.364 e. The number of pyridine rings is 1. The van der Waals surface area contributed by atoms with Crippen molar-refractivity contribution >= 4 is 45.3 Å². The Hall–Kier alpha value is -2.27. The molecule has 13 nitrogen and oxygen atoms in total. The van der Waals surface area contributed by atoms with Crippen LogP contribution in [0.25, 0.3) is 0 Å². The average Bonchev–Trinajstić information content (AvgIpc) is 3.12. The number of hydrogen-bond donors (Lipinski definition) is 6. The van der Waals surface area contributed by atoms with E-state index in [-0.39, 0.29) is 24.3 Å². The number of nitrogens with zero attached hydrogens (tertiary/aromatic N) is 2. The zero-order valence-corrected chi connectivity index (χ0v) is 18.6. The maximum atomic E-state index is 11.9. The van der Waals surface area contributed by atoms with Gasteiger partial charge in [-0.25, -0.2) is 9.78 Å². The van der Waals surface area contributed by atoms with E-state index in [0.717, 1.165) is 5.03 Å². The highest BCUT2D eigenvalue weighted by Gasteiger charge is 2.41. The first-order chi connectivity index (χ1) is 15.6. The van der Waals surface area contributed by atoms with Crippen LogP contribution in [0.15, 0.2) is 29.4 Å². The first-order valence-corrected chi connectivity index (χ1v) is 11.9. The van der Waals surface area contributed by atoms with Crippen molar-refractivity contribution in [2.75, 3.05) is 5.75 Å². The van der Waals surface area contributed by atoms with E-state index < -0.39 is 54.3 Å². The van der Waals surface area contributed by atoms with Gasteiger partial charge < -0.3 is 35.7 Å². The number of rotatable bonds is 12. The van der Waals surface area contributed by atoms with E-state index in [1.165, 1.54) is 21.6 Å². The van der Waals surface area contributed by atoms with E-state index in [1.54, 1.807) is 18.3 Å². The molecule has 1 aliphatic rings. The van der Waals surface area contributed by atoms with Gasteiger partial charge in [-0.15, -0.1) is 5.06 Å². The zero-order valence-electron chi connectivity index (χ0n) is 17.0. The van der Waals surface area contributed by atoms with Gasteiger partial charge in [0.05, 0.1) is 0 Å². The molecule has 5 atom stereocenters. The molecule has 0 saturated carbocycles. The lowest BCUT2D eigenvalue weighted by atomic mass is 10.0. The Labute approximate surface area is 195 Å². The molecule has 6 N–H and O–H groups in total. The standard InChI is InChI=1S/C18H23N3O10S2/c22-9(6-8-32-33-10-3-1-2-7-19-10)20-17(29)15(27)13(25)14(26)16(28)18(30)31-21-11(23)4-5-12(21)24/h1-3,7,13-17,25-29H,4-6,8H2,(H,20,22). The number of carbonyl (C=O) groups excluding carboxylic acids is 4. The molecule has 5 unspecified atom stereocenters. The fourth-order valence-corrected chi connectivity index (χ4v) is 4.34. The monoisotopic (exact) mass is 505 g/mol. The molecule has 3 amide bonds. The van der Waals surface area contributed by atoms with Gasteiger partial charge in [-0.05, 0) is 22.9 Å². The van der Waals surface area contributed by atoms with Crippen LogP contribution in [0.1, 0.15) is 19.3 Å². The maximum Gasteiger partial charge on any atom is 0.364 e. The van der Waals surface area contributed by atoms with Gasteiger partial charge in [0.1, 0.15) is 23.3 Å². The zero-order chi connectivity index (χ0) is 24.5. The van der Waals surface area contributed by atoms with E-state index in [1.807, 2.05) is 11.4 Å². The molecule has 0 aliphatic carbocycles. The fraction of sp³-hybridized carbons (Fsp3) is 0.500. The maximum absolute atomic E-state index is 11.9. The molecule has 0 spiro atoms. The summed E-state index contributed by atoms with van der Waals surface area (Å²) in [4.78, 5) is 55.1. The molecule has 0 bridgehead atoms. The number of hydrogen-bond acceptors (Lipinski definition) is 13. The number of carbonyl (C=O) groups is 4. The van der Waals surface area contributed by atoms with Crippen molar-refractivity contribution in [3.8, 4) is 0 Å². The van der Waals surface area contributed by atoms with Crippen LogP contribution in [-0.4, -0.2) is 95.7 Å². The van der Waals surface area contributed by atoms with Gasteiger partial charge in [-0.1, -0.05) is 16.9 Å². The highest BCUT2D eigenvalue weighted by molar-refractivity contribution is 8.76. The van der Waals surface area contributed by atoms with Gasteiger partial charge in [0.25, 0.3) is 11.8 Å². The van der Waals surface area contributed by atoms with E-state index in [4.69, 9.17) is 0 Å². The predicted molar refractivity (Wildman–Crippen MR) is 113 cm³/mol. The highest BCUT2D eigenvalue weighted by atomic mass is 33.1. The number of aliphatic hydroxyl groups is 5. The third kappa shape index (κ3) is 7.92. The largest absolute Gasteiger partial charge is 0.387 e. The SMILES string of the molecule is O=C(CCSSc1ccccn1)NC(O)C(O)C(O)C(O)C(O)C(=O)ON1C(=O)CCC1=O. The molecular weight excluding hydrogens is 482 g/mol. The van der Waals surface area contributed by atoms with Gasteiger partial charge in [-0.3, -0.25) is 14.4 Å². The number of aromatic nitrogens is 1. The van der Waals surface area contributed by atoms with Gasteiger partial charge >= 0.3 is 5.97 Å². The minimum absolute atomic E-state index is 0.0558. The van der Waals surface area contributed by atoms with Crippen LogP contribution < -0.4 is 5.32 Å². The van der Waals surface area contributed by atoms with E-state index in [0.29, 0.717) is 5.75 Å². The predicted octanol–water partition coefficient (Wildman–Crippen LogP) is -2.30. The molecular formula is C18H23N3O10S2. The van der Waals surface area contributed by atoms with Crippen molar-refractivity contribution < 1.29 is 49.5 Å². The topological polar surface area (TPSA) is 207 Å². The third-order valence-corrected chi connectivity index (χ3v) is 6.55. The summed E-state index contributed by atoms with van der Waals surface area (Å²) in [5.74, 6) is -3.64. The number of nitrogens with one attached hydrogen (secondary N) is 1. The average molecular weight is 506 g/mol. The molecule has 1 saturated heterocycles. The number of imide groups is 1. The molecule has 1 aliphatic heterocycles. The first-order valence-electron chi connectivity index (χ1n) is 9.59. The van der Waals surface area contributed by atoms with Crippen LogP contribution in [0.4, 0.5) is 0 Å². The Morgan fingerprint density at radius 2 is 1.73 bits per heavy atom. The summed E-state index contributed by atoms with van der Waals surface area (Å²) in [6.45, 7) is 0. The molecule has 2 heterocycles. The quantitative estimate of drug-likeness (QED) is 0.0765. The molecule has 1 aromatic rings. The summed E-state index contributed by atoms with van der Waals surface area (Å²) in [7, 11) is 2.66. The molecule has 15 heteroatoms. The van der Waals surface area contributed by atoms with Crippen LogP contribution in [-0.2, 0) is 24.0 Å². The second kappa shape index (κ2) is 12.8. The summed E-state index contributed by atoms with van der Waals surface area (Å²) in [5, 5.41) is 52.4. The Bertz CT molecular complexity index is 830. The van der Waals surface area contributed by atoms with Crippen molar-refractivity contribution in [1.82, 2.24) is 15.4 Å². The summed E-state index contributed by atoms with van der Waals surface area (Å²) < 4.78 is 0. The van der Waals surface area contributed by atoms with E-state index >= 15 is 0 Å². The van der Waals surface area contributed by atoms with Crippen molar-refractivity contribution in [2.24, 2.45) is 0 Å². The van der Waals surface area contributed by atoms with Crippen molar-refractivity contribution in [3.63, 3.8) is 0 Å². The molecule has 182 valence electrons. The molecule has 1 fully saturated rings. The van der Waals surface area contributed by atoms with Crippen LogP contribution in [0.2, 0.25) is 0 Å². The second-order valence-corrected chi connectivity index (χ2v) is 9.18. The Morgan fingerprint density at radius 1 is 1.06 bits per heavy atom. The summed E-state index contributed by atoms with van der Waals surface area (Å²) >= 11 is 0. The Balaban J connectivity index is 1.76.